The van der Waals surface area contributed by atoms with Crippen molar-refractivity contribution in [2.24, 2.45) is 16.0 Å². The summed E-state index contributed by atoms with van der Waals surface area (Å²) in [7, 11) is 0. The molecule has 0 saturated heterocycles. The van der Waals surface area contributed by atoms with E-state index in [1.54, 1.807) is 42.5 Å². The summed E-state index contributed by atoms with van der Waals surface area (Å²) in [6.45, 7) is 0. The molecule has 2 aliphatic heterocycles. The second-order valence-electron chi connectivity index (χ2n) is 6.87. The average molecular weight is 373 g/mol. The Balaban J connectivity index is 1.64. The number of carbonyl (C=O) groups is 1. The highest BCUT2D eigenvalue weighted by Gasteiger charge is 2.42. The van der Waals surface area contributed by atoms with Gasteiger partial charge in [0.2, 0.25) is 0 Å². The zero-order chi connectivity index (χ0) is 19.3. The molecule has 0 saturated carbocycles. The third-order valence-corrected chi connectivity index (χ3v) is 5.18. The molecule has 138 valence electrons. The van der Waals surface area contributed by atoms with E-state index in [1.807, 2.05) is 12.1 Å². The van der Waals surface area contributed by atoms with E-state index in [-0.39, 0.29) is 17.6 Å². The van der Waals surface area contributed by atoms with Crippen LogP contribution in [0.3, 0.4) is 0 Å². The molecule has 0 fully saturated rings. The van der Waals surface area contributed by atoms with Gasteiger partial charge in [0, 0.05) is 11.3 Å². The number of hydrazone groups is 1. The van der Waals surface area contributed by atoms with Crippen LogP contribution >= 0.6 is 0 Å². The monoisotopic (exact) mass is 373 g/mol. The Morgan fingerprint density at radius 1 is 1.07 bits per heavy atom. The van der Waals surface area contributed by atoms with Gasteiger partial charge in [-0.05, 0) is 36.2 Å². The normalized spacial score (nSPS) is 21.1. The molecule has 0 spiro atoms. The molecule has 1 aromatic heterocycles. The highest BCUT2D eigenvalue weighted by Crippen LogP contribution is 2.37. The lowest BCUT2D eigenvalue weighted by atomic mass is 9.78. The number of aliphatic imine (C=N–C) groups is 1. The van der Waals surface area contributed by atoms with Gasteiger partial charge in [0.1, 0.15) is 17.3 Å². The third kappa shape index (κ3) is 2.60. The predicted molar refractivity (Wildman–Crippen MR) is 104 cm³/mol. The maximum absolute atomic E-state index is 12.6. The van der Waals surface area contributed by atoms with E-state index < -0.39 is 11.5 Å². The van der Waals surface area contributed by atoms with E-state index in [1.165, 1.54) is 0 Å². The number of phenols is 1. The minimum Gasteiger partial charge on any atom is -0.508 e. The van der Waals surface area contributed by atoms with Gasteiger partial charge in [0.15, 0.2) is 5.84 Å². The van der Waals surface area contributed by atoms with Crippen molar-refractivity contribution in [3.05, 3.63) is 76.1 Å². The van der Waals surface area contributed by atoms with Gasteiger partial charge < -0.3 is 9.52 Å². The van der Waals surface area contributed by atoms with Crippen LogP contribution in [0.5, 0.6) is 5.75 Å². The van der Waals surface area contributed by atoms with Crippen molar-refractivity contribution in [1.29, 1.82) is 0 Å². The number of benzene rings is 2. The Bertz CT molecular complexity index is 1220. The summed E-state index contributed by atoms with van der Waals surface area (Å²) in [5, 5.41) is 14.4. The van der Waals surface area contributed by atoms with Crippen LogP contribution in [0.1, 0.15) is 23.5 Å². The van der Waals surface area contributed by atoms with E-state index in [2.05, 4.69) is 15.5 Å². The Kier molecular flexibility index (Phi) is 3.61. The Hall–Kier alpha value is -3.74. The molecule has 2 aliphatic rings. The number of aromatic hydroxyl groups is 1. The third-order valence-electron chi connectivity index (χ3n) is 5.18. The largest absolute Gasteiger partial charge is 0.508 e. The van der Waals surface area contributed by atoms with E-state index >= 15 is 0 Å². The molecule has 2 atom stereocenters. The number of amides is 1. The molecule has 3 heterocycles. The molecule has 0 radical (unpaired) electrons. The predicted octanol–water partition coefficient (Wildman–Crippen LogP) is 2.53. The van der Waals surface area contributed by atoms with Gasteiger partial charge in [0.05, 0.1) is 11.3 Å². The molecule has 7 heteroatoms. The number of hydrogen-bond acceptors (Lipinski definition) is 6. The highest BCUT2D eigenvalue weighted by molar-refractivity contribution is 6.18. The fraction of sp³-hybridized carbons (Fsp3) is 0.143. The number of nitrogens with zero attached hydrogens (tertiary/aromatic N) is 2. The Labute approximate surface area is 159 Å². The van der Waals surface area contributed by atoms with Crippen molar-refractivity contribution in [2.45, 2.75) is 12.3 Å². The van der Waals surface area contributed by atoms with Crippen LogP contribution in [0, 0.1) is 5.92 Å². The van der Waals surface area contributed by atoms with E-state index in [0.717, 1.165) is 10.9 Å². The minimum absolute atomic E-state index is 0.147. The summed E-state index contributed by atoms with van der Waals surface area (Å²) in [5.74, 6) is -0.493. The molecule has 28 heavy (non-hydrogen) atoms. The second kappa shape index (κ2) is 6.16. The second-order valence-corrected chi connectivity index (χ2v) is 6.87. The summed E-state index contributed by atoms with van der Waals surface area (Å²) in [4.78, 5) is 29.4. The van der Waals surface area contributed by atoms with Crippen molar-refractivity contribution in [1.82, 2.24) is 5.43 Å². The van der Waals surface area contributed by atoms with Gasteiger partial charge in [-0.3, -0.25) is 4.79 Å². The van der Waals surface area contributed by atoms with Crippen LogP contribution in [-0.2, 0) is 4.79 Å². The van der Waals surface area contributed by atoms with Crippen LogP contribution in [-0.4, -0.2) is 22.6 Å². The number of para-hydroxylation sites is 1. The van der Waals surface area contributed by atoms with Gasteiger partial charge in [-0.25, -0.2) is 15.2 Å². The summed E-state index contributed by atoms with van der Waals surface area (Å²) >= 11 is 0. The van der Waals surface area contributed by atoms with Crippen molar-refractivity contribution < 1.29 is 14.3 Å². The number of rotatable bonds is 2. The highest BCUT2D eigenvalue weighted by atomic mass is 16.4. The van der Waals surface area contributed by atoms with Crippen molar-refractivity contribution in [3.63, 3.8) is 0 Å². The fourth-order valence-corrected chi connectivity index (χ4v) is 3.80. The first-order valence-corrected chi connectivity index (χ1v) is 8.87. The average Bonchev–Trinajstić information content (AvgIpc) is 3.08. The maximum atomic E-state index is 12.6. The summed E-state index contributed by atoms with van der Waals surface area (Å²) in [6, 6.07) is 15.7. The number of carbonyl (C=O) groups excluding carboxylic acids is 1. The van der Waals surface area contributed by atoms with Crippen LogP contribution in [0.25, 0.3) is 11.0 Å². The molecule has 2 N–H and O–H groups in total. The summed E-state index contributed by atoms with van der Waals surface area (Å²) in [5.41, 5.74) is 4.28. The van der Waals surface area contributed by atoms with Gasteiger partial charge in [-0.15, -0.1) is 0 Å². The smallest absolute Gasteiger partial charge is 0.345 e. The van der Waals surface area contributed by atoms with Gasteiger partial charge in [-0.2, -0.15) is 5.10 Å². The molecule has 5 rings (SSSR count). The van der Waals surface area contributed by atoms with Crippen molar-refractivity contribution in [3.8, 4) is 5.75 Å². The number of phenolic OH excluding ortho intramolecular Hbond substituents is 1. The van der Waals surface area contributed by atoms with Gasteiger partial charge in [-0.1, -0.05) is 30.3 Å². The molecule has 3 aromatic rings. The number of hydrogen-bond donors (Lipinski definition) is 2. The summed E-state index contributed by atoms with van der Waals surface area (Å²) < 4.78 is 5.44. The Morgan fingerprint density at radius 3 is 2.68 bits per heavy atom. The number of nitrogens with one attached hydrogen (secondary N) is 1. The SMILES string of the molecule is O=C1NN=C2N=C(c3cc4ccccc4oc3=O)CC(c3ccc(O)cc3)C12. The fourth-order valence-electron chi connectivity index (χ4n) is 3.80. The van der Waals surface area contributed by atoms with E-state index in [0.29, 0.717) is 29.1 Å². The number of fused-ring (bicyclic) bond motifs is 2. The maximum Gasteiger partial charge on any atom is 0.345 e. The van der Waals surface area contributed by atoms with Crippen molar-refractivity contribution >= 4 is 28.4 Å². The Morgan fingerprint density at radius 2 is 1.86 bits per heavy atom. The molecular weight excluding hydrogens is 358 g/mol. The van der Waals surface area contributed by atoms with Crippen LogP contribution in [0.2, 0.25) is 0 Å². The molecule has 2 aromatic carbocycles. The van der Waals surface area contributed by atoms with E-state index in [4.69, 9.17) is 4.42 Å². The molecule has 7 nitrogen and oxygen atoms in total. The topological polar surface area (TPSA) is 104 Å². The number of amidine groups is 1. The van der Waals surface area contributed by atoms with Crippen LogP contribution in [0.15, 0.2) is 73.9 Å². The minimum atomic E-state index is -0.527. The summed E-state index contributed by atoms with van der Waals surface area (Å²) in [6.07, 6.45) is 0.380. The van der Waals surface area contributed by atoms with Crippen LogP contribution in [0.4, 0.5) is 0 Å². The first-order valence-electron chi connectivity index (χ1n) is 8.87. The standard InChI is InChI=1S/C21H15N3O4/c25-13-7-5-11(6-8-13)14-10-16(22-19-18(14)20(26)24-23-19)15-9-12-3-1-2-4-17(12)28-21(15)27/h1-9,14,18,25H,10H2,(H,24,26). The zero-order valence-electron chi connectivity index (χ0n) is 14.6. The quantitative estimate of drug-likeness (QED) is 0.674. The molecular formula is C21H15N3O4. The van der Waals surface area contributed by atoms with Crippen LogP contribution < -0.4 is 11.1 Å². The lowest BCUT2D eigenvalue weighted by Crippen LogP contribution is -2.35. The lowest BCUT2D eigenvalue weighted by molar-refractivity contribution is -0.122. The molecule has 0 bridgehead atoms. The molecule has 2 unspecified atom stereocenters. The van der Waals surface area contributed by atoms with Crippen molar-refractivity contribution in [2.75, 3.05) is 0 Å². The van der Waals surface area contributed by atoms with Gasteiger partial charge in [0.25, 0.3) is 5.91 Å². The van der Waals surface area contributed by atoms with Gasteiger partial charge >= 0.3 is 5.63 Å². The molecule has 0 aliphatic carbocycles. The zero-order valence-corrected chi connectivity index (χ0v) is 14.6. The first-order chi connectivity index (χ1) is 13.6. The lowest BCUT2D eigenvalue weighted by Gasteiger charge is -2.27. The molecule has 1 amide bonds. The first kappa shape index (κ1) is 16.4. The van der Waals surface area contributed by atoms with E-state index in [9.17, 15) is 14.7 Å².